The summed E-state index contributed by atoms with van der Waals surface area (Å²) in [5, 5.41) is 2.90. The zero-order chi connectivity index (χ0) is 17.7. The normalized spacial score (nSPS) is 13.4. The summed E-state index contributed by atoms with van der Waals surface area (Å²) in [5.74, 6) is 0.545. The van der Waals surface area contributed by atoms with Crippen molar-refractivity contribution in [3.8, 4) is 5.75 Å². The maximum atomic E-state index is 13.0. The number of hydrogen-bond acceptors (Lipinski definition) is 2. The van der Waals surface area contributed by atoms with Gasteiger partial charge >= 0.3 is 0 Å². The third-order valence-corrected chi connectivity index (χ3v) is 3.94. The summed E-state index contributed by atoms with van der Waals surface area (Å²) >= 11 is 0. The van der Waals surface area contributed by atoms with Gasteiger partial charge in [-0.2, -0.15) is 0 Å². The van der Waals surface area contributed by atoms with Crippen molar-refractivity contribution in [2.24, 2.45) is 0 Å². The summed E-state index contributed by atoms with van der Waals surface area (Å²) < 4.78 is 18.8. The Hall–Kier alpha value is -2.36. The van der Waals surface area contributed by atoms with Crippen molar-refractivity contribution in [1.82, 2.24) is 5.32 Å². The van der Waals surface area contributed by atoms with Crippen LogP contribution in [0.2, 0.25) is 0 Å². The molecule has 1 amide bonds. The Morgan fingerprint density at radius 3 is 2.25 bits per heavy atom. The van der Waals surface area contributed by atoms with Gasteiger partial charge in [0.1, 0.15) is 11.6 Å². The van der Waals surface area contributed by atoms with Crippen LogP contribution in [0.25, 0.3) is 0 Å². The highest BCUT2D eigenvalue weighted by Gasteiger charge is 2.19. The Balaban J connectivity index is 2.01. The molecule has 0 aliphatic carbocycles. The van der Waals surface area contributed by atoms with Gasteiger partial charge in [-0.15, -0.1) is 0 Å². The fourth-order valence-corrected chi connectivity index (χ4v) is 2.47. The quantitative estimate of drug-likeness (QED) is 0.841. The van der Waals surface area contributed by atoms with Gasteiger partial charge in [-0.05, 0) is 49.1 Å². The van der Waals surface area contributed by atoms with Crippen LogP contribution in [0.1, 0.15) is 50.8 Å². The second-order valence-corrected chi connectivity index (χ2v) is 6.23. The molecular formula is C20H24FNO2. The van der Waals surface area contributed by atoms with Crippen LogP contribution in [0.5, 0.6) is 5.75 Å². The summed E-state index contributed by atoms with van der Waals surface area (Å²) in [6.07, 6.45) is -0.618. The molecule has 0 saturated carbocycles. The predicted molar refractivity (Wildman–Crippen MR) is 93.6 cm³/mol. The van der Waals surface area contributed by atoms with Crippen LogP contribution in [-0.4, -0.2) is 12.0 Å². The fraction of sp³-hybridized carbons (Fsp3) is 0.350. The molecule has 0 bridgehead atoms. The number of nitrogens with one attached hydrogen (secondary N) is 1. The first-order chi connectivity index (χ1) is 11.4. The maximum absolute atomic E-state index is 13.0. The van der Waals surface area contributed by atoms with Gasteiger partial charge in [-0.1, -0.05) is 44.2 Å². The van der Waals surface area contributed by atoms with Crippen molar-refractivity contribution in [3.63, 3.8) is 0 Å². The molecule has 2 unspecified atom stereocenters. The van der Waals surface area contributed by atoms with Gasteiger partial charge in [-0.3, -0.25) is 4.79 Å². The monoisotopic (exact) mass is 329 g/mol. The molecule has 1 N–H and O–H groups in total. The Morgan fingerprint density at radius 1 is 1.00 bits per heavy atom. The first-order valence-corrected chi connectivity index (χ1v) is 8.20. The third kappa shape index (κ3) is 4.57. The van der Waals surface area contributed by atoms with E-state index < -0.39 is 6.10 Å². The first-order valence-electron chi connectivity index (χ1n) is 8.20. The van der Waals surface area contributed by atoms with Gasteiger partial charge in [-0.25, -0.2) is 4.39 Å². The van der Waals surface area contributed by atoms with Gasteiger partial charge < -0.3 is 10.1 Å². The number of amides is 1. The minimum Gasteiger partial charge on any atom is -0.481 e. The molecule has 0 spiro atoms. The highest BCUT2D eigenvalue weighted by molar-refractivity contribution is 5.81. The lowest BCUT2D eigenvalue weighted by molar-refractivity contribution is -0.127. The van der Waals surface area contributed by atoms with Gasteiger partial charge in [0.05, 0.1) is 6.04 Å². The highest BCUT2D eigenvalue weighted by atomic mass is 19.1. The molecule has 2 aromatic rings. The molecule has 0 aromatic heterocycles. The van der Waals surface area contributed by atoms with Crippen molar-refractivity contribution in [3.05, 3.63) is 65.5 Å². The summed E-state index contributed by atoms with van der Waals surface area (Å²) in [4.78, 5) is 12.4. The molecule has 4 heteroatoms. The molecule has 0 radical (unpaired) electrons. The summed E-state index contributed by atoms with van der Waals surface area (Å²) in [7, 11) is 0. The van der Waals surface area contributed by atoms with Crippen LogP contribution in [0.3, 0.4) is 0 Å². The molecule has 2 atom stereocenters. The highest BCUT2D eigenvalue weighted by Crippen LogP contribution is 2.26. The number of carbonyl (C=O) groups excluding carboxylic acids is 1. The van der Waals surface area contributed by atoms with E-state index in [1.807, 2.05) is 31.2 Å². The fourth-order valence-electron chi connectivity index (χ4n) is 2.47. The van der Waals surface area contributed by atoms with Crippen LogP contribution in [-0.2, 0) is 4.79 Å². The van der Waals surface area contributed by atoms with E-state index in [-0.39, 0.29) is 17.8 Å². The number of hydrogen-bond donors (Lipinski definition) is 1. The van der Waals surface area contributed by atoms with Crippen molar-refractivity contribution in [2.45, 2.75) is 45.8 Å². The predicted octanol–water partition coefficient (Wildman–Crippen LogP) is 4.59. The molecule has 0 aliphatic rings. The van der Waals surface area contributed by atoms with Gasteiger partial charge in [0.25, 0.3) is 5.91 Å². The standard InChI is InChI=1S/C20H24FNO2/c1-13(2)18-7-5-6-8-19(18)24-15(4)20(23)22-14(3)16-9-11-17(21)12-10-16/h5-15H,1-4H3,(H,22,23). The zero-order valence-corrected chi connectivity index (χ0v) is 14.5. The minimum absolute atomic E-state index is 0.203. The van der Waals surface area contributed by atoms with E-state index in [4.69, 9.17) is 4.74 Å². The van der Waals surface area contributed by atoms with E-state index in [1.165, 1.54) is 12.1 Å². The number of carbonyl (C=O) groups is 1. The Bertz CT molecular complexity index is 682. The van der Waals surface area contributed by atoms with Crippen molar-refractivity contribution >= 4 is 5.91 Å². The molecule has 2 rings (SSSR count). The Labute approximate surface area is 142 Å². The summed E-state index contributed by atoms with van der Waals surface area (Å²) in [5.41, 5.74) is 1.92. The van der Waals surface area contributed by atoms with Gasteiger partial charge in [0.2, 0.25) is 0 Å². The van der Waals surface area contributed by atoms with E-state index in [0.29, 0.717) is 5.92 Å². The lowest BCUT2D eigenvalue weighted by Crippen LogP contribution is -2.37. The van der Waals surface area contributed by atoms with Gasteiger partial charge in [0.15, 0.2) is 6.10 Å². The summed E-state index contributed by atoms with van der Waals surface area (Å²) in [6, 6.07) is 13.6. The number of halogens is 1. The number of rotatable bonds is 6. The lowest BCUT2D eigenvalue weighted by Gasteiger charge is -2.21. The molecule has 0 heterocycles. The molecule has 2 aromatic carbocycles. The number of para-hydroxylation sites is 1. The van der Waals surface area contributed by atoms with E-state index in [1.54, 1.807) is 19.1 Å². The molecule has 3 nitrogen and oxygen atoms in total. The third-order valence-electron chi connectivity index (χ3n) is 3.94. The zero-order valence-electron chi connectivity index (χ0n) is 14.5. The smallest absolute Gasteiger partial charge is 0.261 e. The molecule has 24 heavy (non-hydrogen) atoms. The van der Waals surface area contributed by atoms with Crippen molar-refractivity contribution in [1.29, 1.82) is 0 Å². The molecule has 0 saturated heterocycles. The largest absolute Gasteiger partial charge is 0.481 e. The van der Waals surface area contributed by atoms with E-state index in [0.717, 1.165) is 16.9 Å². The van der Waals surface area contributed by atoms with E-state index >= 15 is 0 Å². The number of ether oxygens (including phenoxy) is 1. The van der Waals surface area contributed by atoms with Gasteiger partial charge in [0, 0.05) is 0 Å². The second-order valence-electron chi connectivity index (χ2n) is 6.23. The SMILES string of the molecule is CC(Oc1ccccc1C(C)C)C(=O)NC(C)c1ccc(F)cc1. The second kappa shape index (κ2) is 7.95. The first kappa shape index (κ1) is 18.0. The van der Waals surface area contributed by atoms with Crippen LogP contribution in [0.15, 0.2) is 48.5 Å². The summed E-state index contributed by atoms with van der Waals surface area (Å²) in [6.45, 7) is 7.76. The Morgan fingerprint density at radius 2 is 1.62 bits per heavy atom. The van der Waals surface area contributed by atoms with Crippen molar-refractivity contribution < 1.29 is 13.9 Å². The maximum Gasteiger partial charge on any atom is 0.261 e. The van der Waals surface area contributed by atoms with Crippen LogP contribution in [0, 0.1) is 5.82 Å². The molecule has 0 fully saturated rings. The average Bonchev–Trinajstić information content (AvgIpc) is 2.55. The number of benzene rings is 2. The van der Waals surface area contributed by atoms with E-state index in [2.05, 4.69) is 19.2 Å². The van der Waals surface area contributed by atoms with E-state index in [9.17, 15) is 9.18 Å². The lowest BCUT2D eigenvalue weighted by atomic mass is 10.0. The topological polar surface area (TPSA) is 38.3 Å². The van der Waals surface area contributed by atoms with Crippen LogP contribution >= 0.6 is 0 Å². The molecule has 128 valence electrons. The van der Waals surface area contributed by atoms with Crippen molar-refractivity contribution in [2.75, 3.05) is 0 Å². The minimum atomic E-state index is -0.618. The Kier molecular flexibility index (Phi) is 5.96. The molecular weight excluding hydrogens is 305 g/mol. The molecule has 0 aliphatic heterocycles. The average molecular weight is 329 g/mol. The van der Waals surface area contributed by atoms with Crippen LogP contribution in [0.4, 0.5) is 4.39 Å². The van der Waals surface area contributed by atoms with Crippen LogP contribution < -0.4 is 10.1 Å².